The van der Waals surface area contributed by atoms with Crippen LogP contribution in [0.25, 0.3) is 0 Å². The Morgan fingerprint density at radius 1 is 1.31 bits per heavy atom. The van der Waals surface area contributed by atoms with Gasteiger partial charge >= 0.3 is 0 Å². The van der Waals surface area contributed by atoms with Crippen LogP contribution in [0.15, 0.2) is 24.4 Å². The van der Waals surface area contributed by atoms with Gasteiger partial charge in [0.1, 0.15) is 13.2 Å². The number of rotatable bonds is 3. The number of hydrogen-bond acceptors (Lipinski definition) is 5. The van der Waals surface area contributed by atoms with Crippen molar-refractivity contribution in [2.45, 2.75) is 18.9 Å². The molecule has 1 aromatic carbocycles. The van der Waals surface area contributed by atoms with Gasteiger partial charge in [-0.25, -0.2) is 0 Å². The van der Waals surface area contributed by atoms with Crippen LogP contribution in [0.5, 0.6) is 11.5 Å². The molecule has 1 amide bonds. The van der Waals surface area contributed by atoms with Crippen LogP contribution < -0.4 is 20.1 Å². The van der Waals surface area contributed by atoms with Crippen molar-refractivity contribution in [3.05, 3.63) is 35.1 Å². The number of halogens is 2. The molecule has 0 radical (unpaired) electrons. The topological polar surface area (TPSA) is 77.4 Å². The monoisotopic (exact) mass is 398 g/mol. The number of nitrogens with zero attached hydrogens (tertiary/aromatic N) is 2. The lowest BCUT2D eigenvalue weighted by Crippen LogP contribution is -2.32. The summed E-state index contributed by atoms with van der Waals surface area (Å²) in [7, 11) is 0. The molecule has 2 aliphatic rings. The molecule has 2 aromatic rings. The zero-order valence-corrected chi connectivity index (χ0v) is 15.6. The van der Waals surface area contributed by atoms with Gasteiger partial charge in [-0.3, -0.25) is 9.48 Å². The third kappa shape index (κ3) is 3.90. The molecule has 3 heterocycles. The summed E-state index contributed by atoms with van der Waals surface area (Å²) in [6, 6.07) is 5.33. The van der Waals surface area contributed by atoms with Crippen LogP contribution in [0, 0.1) is 0 Å². The van der Waals surface area contributed by atoms with E-state index in [9.17, 15) is 4.79 Å². The number of benzene rings is 1. The summed E-state index contributed by atoms with van der Waals surface area (Å²) in [5.41, 5.74) is 0.835. The minimum absolute atomic E-state index is 0. The molecule has 2 aliphatic heterocycles. The lowest BCUT2D eigenvalue weighted by Gasteiger charge is -2.22. The number of piperidine rings is 1. The first kappa shape index (κ1) is 18.8. The van der Waals surface area contributed by atoms with Gasteiger partial charge in [-0.1, -0.05) is 11.6 Å². The second-order valence-electron chi connectivity index (χ2n) is 6.11. The van der Waals surface area contributed by atoms with E-state index in [2.05, 4.69) is 15.7 Å². The molecule has 26 heavy (non-hydrogen) atoms. The number of carbonyl (C=O) groups excluding carboxylic acids is 1. The van der Waals surface area contributed by atoms with Gasteiger partial charge in [0.05, 0.1) is 16.8 Å². The van der Waals surface area contributed by atoms with Crippen molar-refractivity contribution in [2.75, 3.05) is 31.6 Å². The number of aromatic nitrogens is 2. The predicted octanol–water partition coefficient (Wildman–Crippen LogP) is 2.91. The minimum Gasteiger partial charge on any atom is -0.486 e. The van der Waals surface area contributed by atoms with Crippen molar-refractivity contribution in [3.63, 3.8) is 0 Å². The van der Waals surface area contributed by atoms with Crippen molar-refractivity contribution in [1.29, 1.82) is 0 Å². The van der Waals surface area contributed by atoms with E-state index in [0.29, 0.717) is 41.1 Å². The van der Waals surface area contributed by atoms with E-state index in [-0.39, 0.29) is 24.4 Å². The molecular formula is C17H20Cl2N4O3. The van der Waals surface area contributed by atoms with Gasteiger partial charge in [0, 0.05) is 24.9 Å². The van der Waals surface area contributed by atoms with Crippen molar-refractivity contribution in [2.24, 2.45) is 0 Å². The fraction of sp³-hybridized carbons (Fsp3) is 0.412. The Kier molecular flexibility index (Phi) is 5.90. The second kappa shape index (κ2) is 8.16. The Labute approximate surface area is 162 Å². The van der Waals surface area contributed by atoms with Crippen LogP contribution in [0.1, 0.15) is 29.4 Å². The highest BCUT2D eigenvalue weighted by molar-refractivity contribution is 6.34. The van der Waals surface area contributed by atoms with E-state index in [0.717, 1.165) is 25.9 Å². The molecule has 7 nitrogen and oxygen atoms in total. The Morgan fingerprint density at radius 2 is 2.08 bits per heavy atom. The average molecular weight is 399 g/mol. The molecule has 1 fully saturated rings. The molecule has 1 aromatic heterocycles. The summed E-state index contributed by atoms with van der Waals surface area (Å²) in [6.45, 7) is 2.87. The molecule has 0 bridgehead atoms. The minimum atomic E-state index is -0.305. The van der Waals surface area contributed by atoms with Gasteiger partial charge in [0.2, 0.25) is 0 Å². The summed E-state index contributed by atoms with van der Waals surface area (Å²) >= 11 is 6.24. The first-order valence-corrected chi connectivity index (χ1v) is 8.75. The van der Waals surface area contributed by atoms with Gasteiger partial charge in [0.15, 0.2) is 17.2 Å². The first-order valence-electron chi connectivity index (χ1n) is 8.37. The number of carbonyl (C=O) groups is 1. The van der Waals surface area contributed by atoms with Crippen molar-refractivity contribution in [1.82, 2.24) is 15.1 Å². The number of fused-ring (bicyclic) bond motifs is 1. The average Bonchev–Trinajstić information content (AvgIpc) is 3.13. The van der Waals surface area contributed by atoms with E-state index in [1.165, 1.54) is 0 Å². The van der Waals surface area contributed by atoms with E-state index in [1.807, 2.05) is 10.9 Å². The number of hydrogen-bond donors (Lipinski definition) is 2. The number of anilines is 1. The smallest absolute Gasteiger partial charge is 0.276 e. The van der Waals surface area contributed by atoms with Gasteiger partial charge in [-0.15, -0.1) is 12.4 Å². The van der Waals surface area contributed by atoms with E-state index < -0.39 is 0 Å². The lowest BCUT2D eigenvalue weighted by atomic mass is 10.1. The van der Waals surface area contributed by atoms with Gasteiger partial charge < -0.3 is 20.1 Å². The molecule has 140 valence electrons. The summed E-state index contributed by atoms with van der Waals surface area (Å²) in [5, 5.41) is 10.9. The number of amides is 1. The lowest BCUT2D eigenvalue weighted by molar-refractivity contribution is 0.102. The van der Waals surface area contributed by atoms with Crippen LogP contribution in [-0.2, 0) is 0 Å². The van der Waals surface area contributed by atoms with Gasteiger partial charge in [-0.2, -0.15) is 5.10 Å². The Balaban J connectivity index is 0.00000196. The van der Waals surface area contributed by atoms with Gasteiger partial charge in [0.25, 0.3) is 5.91 Å². The van der Waals surface area contributed by atoms with Crippen molar-refractivity contribution in [3.8, 4) is 11.5 Å². The zero-order valence-electron chi connectivity index (χ0n) is 14.0. The van der Waals surface area contributed by atoms with E-state index in [1.54, 1.807) is 18.2 Å². The van der Waals surface area contributed by atoms with Crippen LogP contribution in [0.4, 0.5) is 5.69 Å². The van der Waals surface area contributed by atoms with Crippen LogP contribution in [0.2, 0.25) is 5.02 Å². The molecule has 0 aliphatic carbocycles. The maximum Gasteiger partial charge on any atom is 0.276 e. The Hall–Kier alpha value is -1.96. The summed E-state index contributed by atoms with van der Waals surface area (Å²) in [6.07, 6.45) is 4.01. The van der Waals surface area contributed by atoms with Crippen molar-refractivity contribution >= 4 is 35.6 Å². The molecule has 2 N–H and O–H groups in total. The summed E-state index contributed by atoms with van der Waals surface area (Å²) < 4.78 is 12.9. The highest BCUT2D eigenvalue weighted by Crippen LogP contribution is 2.38. The molecule has 4 rings (SSSR count). The molecule has 1 unspecified atom stereocenters. The SMILES string of the molecule is Cl.O=C(Nc1cc2c(cc1Cl)OCCO2)c1ccn(C2CCCNC2)n1. The fourth-order valence-electron chi connectivity index (χ4n) is 3.07. The maximum absolute atomic E-state index is 12.5. The number of ether oxygens (including phenoxy) is 2. The fourth-order valence-corrected chi connectivity index (χ4v) is 3.27. The van der Waals surface area contributed by atoms with Crippen LogP contribution in [-0.4, -0.2) is 42.0 Å². The Morgan fingerprint density at radius 3 is 2.81 bits per heavy atom. The number of nitrogens with one attached hydrogen (secondary N) is 2. The standard InChI is InChI=1S/C17H19ClN4O3.ClH/c18-12-8-15-16(25-7-6-24-15)9-14(12)20-17(23)13-3-5-22(21-13)11-2-1-4-19-10-11;/h3,5,8-9,11,19H,1-2,4,6-7,10H2,(H,20,23);1H. The zero-order chi connectivity index (χ0) is 17.2. The third-order valence-corrected chi connectivity index (χ3v) is 4.68. The first-order chi connectivity index (χ1) is 12.2. The van der Waals surface area contributed by atoms with Gasteiger partial charge in [-0.05, 0) is 25.5 Å². The highest BCUT2D eigenvalue weighted by Gasteiger charge is 2.20. The van der Waals surface area contributed by atoms with E-state index in [4.69, 9.17) is 21.1 Å². The quantitative estimate of drug-likeness (QED) is 0.830. The van der Waals surface area contributed by atoms with Crippen LogP contribution >= 0.6 is 24.0 Å². The van der Waals surface area contributed by atoms with Crippen LogP contribution in [0.3, 0.4) is 0 Å². The molecule has 0 saturated carbocycles. The molecule has 9 heteroatoms. The highest BCUT2D eigenvalue weighted by atomic mass is 35.5. The molecule has 1 saturated heterocycles. The molecule has 0 spiro atoms. The predicted molar refractivity (Wildman–Crippen MR) is 101 cm³/mol. The third-order valence-electron chi connectivity index (χ3n) is 4.37. The Bertz CT molecular complexity index is 790. The normalized spacial score (nSPS) is 18.7. The summed E-state index contributed by atoms with van der Waals surface area (Å²) in [4.78, 5) is 12.5. The second-order valence-corrected chi connectivity index (χ2v) is 6.52. The molecule has 1 atom stereocenters. The van der Waals surface area contributed by atoms with Crippen molar-refractivity contribution < 1.29 is 14.3 Å². The maximum atomic E-state index is 12.5. The largest absolute Gasteiger partial charge is 0.486 e. The van der Waals surface area contributed by atoms with E-state index >= 15 is 0 Å². The molecular weight excluding hydrogens is 379 g/mol. The summed E-state index contributed by atoms with van der Waals surface area (Å²) in [5.74, 6) is 0.856.